The van der Waals surface area contributed by atoms with Gasteiger partial charge in [0.15, 0.2) is 5.69 Å². The Morgan fingerprint density at radius 1 is 1.26 bits per heavy atom. The Morgan fingerprint density at radius 2 is 2.05 bits per heavy atom. The number of aryl methyl sites for hydroxylation is 1. The highest BCUT2D eigenvalue weighted by Gasteiger charge is 2.49. The Hall–Kier alpha value is -1.71. The second kappa shape index (κ2) is 15.2. The predicted molar refractivity (Wildman–Crippen MR) is 151 cm³/mol. The highest BCUT2D eigenvalue weighted by molar-refractivity contribution is 6.29. The van der Waals surface area contributed by atoms with E-state index in [9.17, 15) is 4.79 Å². The van der Waals surface area contributed by atoms with Crippen LogP contribution in [0, 0.1) is 30.6 Å². The summed E-state index contributed by atoms with van der Waals surface area (Å²) in [6, 6.07) is 1.84. The van der Waals surface area contributed by atoms with Crippen molar-refractivity contribution in [2.45, 2.75) is 58.6 Å². The number of amides is 1. The van der Waals surface area contributed by atoms with E-state index in [1.807, 2.05) is 17.7 Å². The van der Waals surface area contributed by atoms with Gasteiger partial charge in [-0.25, -0.2) is 0 Å². The monoisotopic (exact) mass is 550 g/mol. The van der Waals surface area contributed by atoms with Crippen molar-refractivity contribution in [3.63, 3.8) is 0 Å². The first-order valence-corrected chi connectivity index (χ1v) is 14.3. The van der Waals surface area contributed by atoms with Crippen LogP contribution in [-0.4, -0.2) is 80.9 Å². The Balaban J connectivity index is 1.50. The number of likely N-dealkylation sites (N-methyl/N-ethyl adjacent to an activating group) is 1. The van der Waals surface area contributed by atoms with Crippen LogP contribution in [0.25, 0.3) is 0 Å². The van der Waals surface area contributed by atoms with E-state index in [4.69, 9.17) is 25.8 Å². The zero-order valence-corrected chi connectivity index (χ0v) is 24.6. The van der Waals surface area contributed by atoms with Crippen molar-refractivity contribution >= 4 is 17.5 Å². The van der Waals surface area contributed by atoms with Gasteiger partial charge < -0.3 is 24.4 Å². The van der Waals surface area contributed by atoms with Gasteiger partial charge in [0, 0.05) is 69.4 Å². The van der Waals surface area contributed by atoms with Gasteiger partial charge >= 0.3 is 0 Å². The topological polar surface area (TPSA) is 77.9 Å². The molecule has 5 atom stereocenters. The van der Waals surface area contributed by atoms with E-state index < -0.39 is 0 Å². The zero-order chi connectivity index (χ0) is 27.7. The Morgan fingerprint density at radius 3 is 2.76 bits per heavy atom. The highest BCUT2D eigenvalue weighted by atomic mass is 35.5. The number of carbonyl (C=O) groups is 1. The summed E-state index contributed by atoms with van der Waals surface area (Å²) in [6.07, 6.45) is 6.47. The number of methoxy groups -OCH3 is 2. The van der Waals surface area contributed by atoms with E-state index in [2.05, 4.69) is 41.9 Å². The molecule has 214 valence electrons. The second-order valence-corrected chi connectivity index (χ2v) is 11.4. The SMILES string of the molecule is C=C(CCC1C(COC)[C@H]1CN(C)CCOC)NC(=O)c1cc(C)n(CC2CC(Cl)=CCC2OCCC)n1. The van der Waals surface area contributed by atoms with E-state index in [0.717, 1.165) is 81.4 Å². The molecule has 8 nitrogen and oxygen atoms in total. The molecule has 0 bridgehead atoms. The second-order valence-electron chi connectivity index (χ2n) is 10.9. The summed E-state index contributed by atoms with van der Waals surface area (Å²) >= 11 is 6.35. The van der Waals surface area contributed by atoms with Crippen molar-refractivity contribution in [3.05, 3.63) is 40.8 Å². The van der Waals surface area contributed by atoms with Gasteiger partial charge in [-0.15, -0.1) is 0 Å². The maximum absolute atomic E-state index is 13.0. The van der Waals surface area contributed by atoms with Gasteiger partial charge in [0.1, 0.15) is 0 Å². The normalized spacial score (nSPS) is 24.9. The van der Waals surface area contributed by atoms with E-state index in [-0.39, 0.29) is 17.9 Å². The van der Waals surface area contributed by atoms with E-state index in [1.54, 1.807) is 14.2 Å². The molecule has 1 heterocycles. The molecule has 1 fully saturated rings. The smallest absolute Gasteiger partial charge is 0.275 e. The predicted octanol–water partition coefficient (Wildman–Crippen LogP) is 4.63. The van der Waals surface area contributed by atoms with Gasteiger partial charge in [0.05, 0.1) is 12.7 Å². The third kappa shape index (κ3) is 8.91. The third-order valence-corrected chi connectivity index (χ3v) is 8.16. The molecule has 1 N–H and O–H groups in total. The largest absolute Gasteiger partial charge is 0.384 e. The number of hydrogen-bond donors (Lipinski definition) is 1. The molecule has 2 aliphatic rings. The standard InChI is InChI=1S/C29H47ClN4O4/c1-7-13-38-28-11-9-23(30)16-22(28)17-34-21(3)15-27(32-34)29(35)31-20(2)8-10-24-25(26(24)19-37-6)18-33(4)12-14-36-5/h9,15,22,24-26,28H,2,7-8,10-14,16-19H2,1,3-6H3,(H,31,35)/t22?,24?,25-,26?,28?/m0/s1. The van der Waals surface area contributed by atoms with Crippen LogP contribution >= 0.6 is 11.6 Å². The molecule has 0 aliphatic heterocycles. The molecule has 0 spiro atoms. The molecule has 2 aliphatic carbocycles. The molecule has 0 aromatic carbocycles. The minimum absolute atomic E-state index is 0.117. The number of aromatic nitrogens is 2. The third-order valence-electron chi connectivity index (χ3n) is 7.85. The number of nitrogens with one attached hydrogen (secondary N) is 1. The maximum Gasteiger partial charge on any atom is 0.275 e. The van der Waals surface area contributed by atoms with Crippen LogP contribution in [0.5, 0.6) is 0 Å². The number of nitrogens with zero attached hydrogens (tertiary/aromatic N) is 3. The Kier molecular flexibility index (Phi) is 12.3. The maximum atomic E-state index is 13.0. The van der Waals surface area contributed by atoms with Crippen LogP contribution in [0.4, 0.5) is 0 Å². The van der Waals surface area contributed by atoms with Gasteiger partial charge in [0.25, 0.3) is 5.91 Å². The van der Waals surface area contributed by atoms with E-state index in [0.29, 0.717) is 30.0 Å². The van der Waals surface area contributed by atoms with Crippen molar-refractivity contribution in [2.24, 2.45) is 23.7 Å². The number of carbonyl (C=O) groups excluding carboxylic acids is 1. The quantitative estimate of drug-likeness (QED) is 0.305. The van der Waals surface area contributed by atoms with Gasteiger partial charge in [-0.1, -0.05) is 31.2 Å². The number of halogens is 1. The summed E-state index contributed by atoms with van der Waals surface area (Å²) in [4.78, 5) is 15.3. The van der Waals surface area contributed by atoms with Crippen LogP contribution < -0.4 is 5.32 Å². The molecule has 1 aromatic rings. The van der Waals surface area contributed by atoms with E-state index in [1.165, 1.54) is 0 Å². The molecule has 4 unspecified atom stereocenters. The minimum atomic E-state index is -0.211. The van der Waals surface area contributed by atoms with Crippen molar-refractivity contribution in [3.8, 4) is 0 Å². The van der Waals surface area contributed by atoms with Gasteiger partial charge in [-0.3, -0.25) is 9.48 Å². The van der Waals surface area contributed by atoms with Gasteiger partial charge in [-0.2, -0.15) is 5.10 Å². The fourth-order valence-corrected chi connectivity index (χ4v) is 5.86. The fraction of sp³-hybridized carbons (Fsp3) is 0.724. The lowest BCUT2D eigenvalue weighted by molar-refractivity contribution is 0.00464. The van der Waals surface area contributed by atoms with Gasteiger partial charge in [-0.05, 0) is 69.9 Å². The molecular weight excluding hydrogens is 504 g/mol. The lowest BCUT2D eigenvalue weighted by Gasteiger charge is -2.30. The molecule has 1 aromatic heterocycles. The van der Waals surface area contributed by atoms with Crippen LogP contribution in [0.3, 0.4) is 0 Å². The fourth-order valence-electron chi connectivity index (χ4n) is 5.57. The van der Waals surface area contributed by atoms with Crippen LogP contribution in [0.2, 0.25) is 0 Å². The molecule has 1 saturated carbocycles. The Labute approximate surface area is 233 Å². The van der Waals surface area contributed by atoms with Gasteiger partial charge in [0.2, 0.25) is 0 Å². The molecule has 0 saturated heterocycles. The summed E-state index contributed by atoms with van der Waals surface area (Å²) in [5.74, 6) is 1.75. The number of ether oxygens (including phenoxy) is 3. The summed E-state index contributed by atoms with van der Waals surface area (Å²) in [6.45, 7) is 13.1. The number of hydrogen-bond acceptors (Lipinski definition) is 6. The first-order valence-electron chi connectivity index (χ1n) is 13.9. The summed E-state index contributed by atoms with van der Waals surface area (Å²) in [7, 11) is 5.63. The first kappa shape index (κ1) is 30.8. The lowest BCUT2D eigenvalue weighted by Crippen LogP contribution is -2.31. The minimum Gasteiger partial charge on any atom is -0.384 e. The summed E-state index contributed by atoms with van der Waals surface area (Å²) in [5, 5.41) is 8.47. The van der Waals surface area contributed by atoms with Crippen LogP contribution in [0.15, 0.2) is 29.5 Å². The van der Waals surface area contributed by atoms with Crippen molar-refractivity contribution in [1.82, 2.24) is 20.0 Å². The molecule has 0 radical (unpaired) electrons. The molecule has 1 amide bonds. The number of rotatable bonds is 17. The first-order chi connectivity index (χ1) is 18.3. The van der Waals surface area contributed by atoms with Crippen molar-refractivity contribution < 1.29 is 19.0 Å². The summed E-state index contributed by atoms with van der Waals surface area (Å²) < 4.78 is 18.6. The number of allylic oxidation sites excluding steroid dienone is 2. The van der Waals surface area contributed by atoms with Crippen LogP contribution in [-0.2, 0) is 20.8 Å². The summed E-state index contributed by atoms with van der Waals surface area (Å²) in [5.41, 5.74) is 2.09. The molecule has 38 heavy (non-hydrogen) atoms. The van der Waals surface area contributed by atoms with Crippen molar-refractivity contribution in [1.29, 1.82) is 0 Å². The molecular formula is C29H47ClN4O4. The highest BCUT2D eigenvalue weighted by Crippen LogP contribution is 2.50. The van der Waals surface area contributed by atoms with Crippen molar-refractivity contribution in [2.75, 3.05) is 54.2 Å². The molecule has 3 rings (SSSR count). The lowest BCUT2D eigenvalue weighted by atomic mass is 9.91. The Bertz CT molecular complexity index is 949. The average Bonchev–Trinajstić information content (AvgIpc) is 3.38. The van der Waals surface area contributed by atoms with E-state index >= 15 is 0 Å². The zero-order valence-electron chi connectivity index (χ0n) is 23.9. The molecule has 9 heteroatoms. The average molecular weight is 551 g/mol. The van der Waals surface area contributed by atoms with Crippen LogP contribution in [0.1, 0.15) is 55.2 Å².